The molecule has 0 aliphatic rings. The van der Waals surface area contributed by atoms with Crippen molar-refractivity contribution in [1.82, 2.24) is 0 Å². The van der Waals surface area contributed by atoms with E-state index in [1.54, 1.807) is 6.92 Å². The van der Waals surface area contributed by atoms with Crippen LogP contribution in [0.25, 0.3) is 0 Å². The van der Waals surface area contributed by atoms with Crippen molar-refractivity contribution < 1.29 is 14.6 Å². The van der Waals surface area contributed by atoms with E-state index in [1.807, 2.05) is 0 Å². The summed E-state index contributed by atoms with van der Waals surface area (Å²) in [5.74, 6) is 0. The van der Waals surface area contributed by atoms with E-state index in [2.05, 4.69) is 4.74 Å². The maximum absolute atomic E-state index is 9.38. The summed E-state index contributed by atoms with van der Waals surface area (Å²) in [5, 5.41) is 8.40. The van der Waals surface area contributed by atoms with Gasteiger partial charge in [-0.2, -0.15) is 0 Å². The average molecular weight is 104 g/mol. The van der Waals surface area contributed by atoms with E-state index < -0.39 is 6.10 Å². The highest BCUT2D eigenvalue weighted by Crippen LogP contribution is 1.76. The van der Waals surface area contributed by atoms with Crippen molar-refractivity contribution >= 4 is 6.47 Å². The number of carbonyl (C=O) groups is 1. The topological polar surface area (TPSA) is 46.5 Å². The van der Waals surface area contributed by atoms with Gasteiger partial charge in [0.15, 0.2) is 0 Å². The molecule has 0 fully saturated rings. The molecule has 0 aromatic rings. The summed E-state index contributed by atoms with van der Waals surface area (Å²) in [4.78, 5) is 9.38. The van der Waals surface area contributed by atoms with Gasteiger partial charge < -0.3 is 9.84 Å². The van der Waals surface area contributed by atoms with Gasteiger partial charge in [-0.05, 0) is 6.92 Å². The molecule has 3 nitrogen and oxygen atoms in total. The van der Waals surface area contributed by atoms with Crippen molar-refractivity contribution in [2.75, 3.05) is 6.61 Å². The van der Waals surface area contributed by atoms with Gasteiger partial charge in [0.05, 0.1) is 6.10 Å². The standard InChI is InChI=1S/C4H8O3/c1-4(6)2-7-3-5/h3-4,6H,2H2,1H3/t4-/m1/s1. The van der Waals surface area contributed by atoms with Gasteiger partial charge in [0.25, 0.3) is 6.47 Å². The molecular weight excluding hydrogens is 96.0 g/mol. The summed E-state index contributed by atoms with van der Waals surface area (Å²) < 4.78 is 4.16. The number of rotatable bonds is 3. The molecule has 0 saturated heterocycles. The Kier molecular flexibility index (Phi) is 3.32. The van der Waals surface area contributed by atoms with E-state index in [1.165, 1.54) is 0 Å². The van der Waals surface area contributed by atoms with Crippen molar-refractivity contribution in [1.29, 1.82) is 0 Å². The first-order chi connectivity index (χ1) is 3.27. The largest absolute Gasteiger partial charge is 0.465 e. The number of aliphatic hydroxyl groups excluding tert-OH is 1. The van der Waals surface area contributed by atoms with Gasteiger partial charge in [-0.1, -0.05) is 0 Å². The molecule has 0 aliphatic carbocycles. The van der Waals surface area contributed by atoms with Crippen molar-refractivity contribution in [3.8, 4) is 0 Å². The van der Waals surface area contributed by atoms with E-state index in [0.29, 0.717) is 6.47 Å². The molecule has 1 N–H and O–H groups in total. The summed E-state index contributed by atoms with van der Waals surface area (Å²) in [6.45, 7) is 1.94. The van der Waals surface area contributed by atoms with Crippen LogP contribution in [0.3, 0.4) is 0 Å². The summed E-state index contributed by atoms with van der Waals surface area (Å²) in [6.07, 6.45) is -0.551. The molecule has 0 aromatic heterocycles. The second kappa shape index (κ2) is 3.61. The van der Waals surface area contributed by atoms with Crippen molar-refractivity contribution in [2.24, 2.45) is 0 Å². The zero-order chi connectivity index (χ0) is 5.70. The fourth-order valence-electron chi connectivity index (χ4n) is 0.179. The quantitative estimate of drug-likeness (QED) is 0.493. The van der Waals surface area contributed by atoms with Crippen LogP contribution in [0.1, 0.15) is 6.92 Å². The number of carbonyl (C=O) groups excluding carboxylic acids is 1. The molecule has 0 bridgehead atoms. The van der Waals surface area contributed by atoms with Gasteiger partial charge in [-0.3, -0.25) is 4.79 Å². The van der Waals surface area contributed by atoms with Crippen LogP contribution in [0.5, 0.6) is 0 Å². The van der Waals surface area contributed by atoms with Crippen molar-refractivity contribution in [3.05, 3.63) is 0 Å². The monoisotopic (exact) mass is 104 g/mol. The lowest BCUT2D eigenvalue weighted by molar-refractivity contribution is -0.131. The van der Waals surface area contributed by atoms with Gasteiger partial charge in [-0.15, -0.1) is 0 Å². The van der Waals surface area contributed by atoms with E-state index in [-0.39, 0.29) is 6.61 Å². The Balaban J connectivity index is 2.81. The minimum absolute atomic E-state index is 0.0868. The number of aliphatic hydroxyl groups is 1. The zero-order valence-corrected chi connectivity index (χ0v) is 4.13. The average Bonchev–Trinajstić information content (AvgIpc) is 1.61. The lowest BCUT2D eigenvalue weighted by Gasteiger charge is -1.97. The number of ether oxygens (including phenoxy) is 1. The highest BCUT2D eigenvalue weighted by molar-refractivity contribution is 5.36. The summed E-state index contributed by atoms with van der Waals surface area (Å²) >= 11 is 0. The van der Waals surface area contributed by atoms with E-state index in [9.17, 15) is 4.79 Å². The predicted molar refractivity (Wildman–Crippen MR) is 23.7 cm³/mol. The first kappa shape index (κ1) is 6.43. The molecular formula is C4H8O3. The van der Waals surface area contributed by atoms with Crippen LogP contribution in [0.4, 0.5) is 0 Å². The molecule has 0 radical (unpaired) electrons. The van der Waals surface area contributed by atoms with Crippen molar-refractivity contribution in [3.63, 3.8) is 0 Å². The molecule has 0 rings (SSSR count). The molecule has 3 heteroatoms. The van der Waals surface area contributed by atoms with Crippen LogP contribution in [0.2, 0.25) is 0 Å². The smallest absolute Gasteiger partial charge is 0.293 e. The lowest BCUT2D eigenvalue weighted by Crippen LogP contribution is -2.08. The van der Waals surface area contributed by atoms with Gasteiger partial charge in [0.2, 0.25) is 0 Å². The van der Waals surface area contributed by atoms with Gasteiger partial charge >= 0.3 is 0 Å². The van der Waals surface area contributed by atoms with Crippen LogP contribution in [-0.2, 0) is 9.53 Å². The second-order valence-electron chi connectivity index (χ2n) is 1.28. The maximum atomic E-state index is 9.38. The molecule has 42 valence electrons. The van der Waals surface area contributed by atoms with Crippen LogP contribution in [-0.4, -0.2) is 24.3 Å². The molecule has 0 heterocycles. The highest BCUT2D eigenvalue weighted by atomic mass is 16.5. The molecule has 0 unspecified atom stereocenters. The Hall–Kier alpha value is -0.570. The third-order valence-electron chi connectivity index (χ3n) is 0.405. The maximum Gasteiger partial charge on any atom is 0.293 e. The van der Waals surface area contributed by atoms with Crippen LogP contribution >= 0.6 is 0 Å². The van der Waals surface area contributed by atoms with Crippen LogP contribution in [0, 0.1) is 0 Å². The first-order valence-electron chi connectivity index (χ1n) is 2.00. The molecule has 0 aromatic carbocycles. The molecule has 0 saturated carbocycles. The van der Waals surface area contributed by atoms with Gasteiger partial charge in [0, 0.05) is 0 Å². The lowest BCUT2D eigenvalue weighted by atomic mass is 10.5. The third kappa shape index (κ3) is 5.43. The van der Waals surface area contributed by atoms with E-state index in [4.69, 9.17) is 5.11 Å². The highest BCUT2D eigenvalue weighted by Gasteiger charge is 1.90. The minimum Gasteiger partial charge on any atom is -0.465 e. The predicted octanol–water partition coefficient (Wildman–Crippen LogP) is -0.460. The summed E-state index contributed by atoms with van der Waals surface area (Å²) in [7, 11) is 0. The summed E-state index contributed by atoms with van der Waals surface area (Å²) in [6, 6.07) is 0. The third-order valence-corrected chi connectivity index (χ3v) is 0.405. The Morgan fingerprint density at radius 2 is 2.57 bits per heavy atom. The van der Waals surface area contributed by atoms with Gasteiger partial charge in [-0.25, -0.2) is 0 Å². The number of hydrogen-bond acceptors (Lipinski definition) is 3. The Bertz CT molecular complexity index is 50.9. The van der Waals surface area contributed by atoms with E-state index in [0.717, 1.165) is 0 Å². The second-order valence-corrected chi connectivity index (χ2v) is 1.28. The van der Waals surface area contributed by atoms with Gasteiger partial charge in [0.1, 0.15) is 6.61 Å². The molecule has 1 atom stereocenters. The first-order valence-corrected chi connectivity index (χ1v) is 2.00. The van der Waals surface area contributed by atoms with Crippen LogP contribution in [0.15, 0.2) is 0 Å². The minimum atomic E-state index is -0.551. The van der Waals surface area contributed by atoms with E-state index >= 15 is 0 Å². The fraction of sp³-hybridized carbons (Fsp3) is 0.750. The molecule has 7 heavy (non-hydrogen) atoms. The SMILES string of the molecule is C[C@@H](O)COC=O. The van der Waals surface area contributed by atoms with Crippen molar-refractivity contribution in [2.45, 2.75) is 13.0 Å². The summed E-state index contributed by atoms with van der Waals surface area (Å²) in [5.41, 5.74) is 0. The normalized spacial score (nSPS) is 12.9. The Labute approximate surface area is 41.9 Å². The molecule has 0 aliphatic heterocycles. The Morgan fingerprint density at radius 3 is 2.71 bits per heavy atom. The molecule has 0 spiro atoms. The Morgan fingerprint density at radius 1 is 2.00 bits per heavy atom. The number of hydrogen-bond donors (Lipinski definition) is 1. The zero-order valence-electron chi connectivity index (χ0n) is 4.13. The molecule has 0 amide bonds. The fourth-order valence-corrected chi connectivity index (χ4v) is 0.179. The van der Waals surface area contributed by atoms with Crippen LogP contribution < -0.4 is 0 Å².